The van der Waals surface area contributed by atoms with Crippen molar-refractivity contribution in [2.45, 2.75) is 24.2 Å². The van der Waals surface area contributed by atoms with Crippen molar-refractivity contribution in [2.75, 3.05) is 12.9 Å². The third-order valence-corrected chi connectivity index (χ3v) is 4.43. The molecule has 0 aliphatic carbocycles. The van der Waals surface area contributed by atoms with E-state index in [0.717, 1.165) is 23.5 Å². The lowest BCUT2D eigenvalue weighted by atomic mass is 9.88. The summed E-state index contributed by atoms with van der Waals surface area (Å²) in [4.78, 5) is 0. The minimum absolute atomic E-state index is 0.230. The highest BCUT2D eigenvalue weighted by Crippen LogP contribution is 2.45. The summed E-state index contributed by atoms with van der Waals surface area (Å²) >= 11 is 1.81. The molecule has 1 aromatic carbocycles. The Morgan fingerprint density at radius 1 is 1.47 bits per heavy atom. The Hall–Kier alpha value is -0.670. The topological polar surface area (TPSA) is 29.5 Å². The molecule has 0 spiro atoms. The van der Waals surface area contributed by atoms with Crippen LogP contribution in [0.5, 0.6) is 5.75 Å². The third kappa shape index (κ3) is 1.74. The quantitative estimate of drug-likeness (QED) is 0.836. The van der Waals surface area contributed by atoms with Gasteiger partial charge in [-0.2, -0.15) is 11.8 Å². The summed E-state index contributed by atoms with van der Waals surface area (Å²) in [6.07, 6.45) is 0.805. The Labute approximate surface area is 94.6 Å². The minimum Gasteiger partial charge on any atom is -0.496 e. The van der Waals surface area contributed by atoms with Crippen LogP contribution in [-0.2, 0) is 5.60 Å². The van der Waals surface area contributed by atoms with Crippen LogP contribution in [-0.4, -0.2) is 23.2 Å². The molecule has 1 heterocycles. The van der Waals surface area contributed by atoms with E-state index in [4.69, 9.17) is 4.74 Å². The molecule has 3 heteroatoms. The van der Waals surface area contributed by atoms with E-state index in [2.05, 4.69) is 6.92 Å². The van der Waals surface area contributed by atoms with Crippen LogP contribution in [0.2, 0.25) is 0 Å². The molecule has 1 fully saturated rings. The van der Waals surface area contributed by atoms with Crippen molar-refractivity contribution in [3.05, 3.63) is 29.8 Å². The van der Waals surface area contributed by atoms with Gasteiger partial charge in [0.05, 0.1) is 7.11 Å². The van der Waals surface area contributed by atoms with E-state index in [1.54, 1.807) is 7.11 Å². The average Bonchev–Trinajstić information content (AvgIpc) is 2.60. The summed E-state index contributed by atoms with van der Waals surface area (Å²) in [6.45, 7) is 2.07. The highest BCUT2D eigenvalue weighted by Gasteiger charge is 2.42. The first-order chi connectivity index (χ1) is 7.18. The van der Waals surface area contributed by atoms with Gasteiger partial charge in [0.15, 0.2) is 0 Å². The van der Waals surface area contributed by atoms with Crippen molar-refractivity contribution < 1.29 is 9.84 Å². The van der Waals surface area contributed by atoms with Crippen molar-refractivity contribution >= 4 is 11.8 Å². The first kappa shape index (κ1) is 10.8. The first-order valence-electron chi connectivity index (χ1n) is 5.16. The number of thioether (sulfide) groups is 1. The number of hydrogen-bond acceptors (Lipinski definition) is 3. The molecule has 0 aromatic heterocycles. The van der Waals surface area contributed by atoms with Crippen molar-refractivity contribution in [3.8, 4) is 5.75 Å². The van der Waals surface area contributed by atoms with Crippen LogP contribution in [0.3, 0.4) is 0 Å². The summed E-state index contributed by atoms with van der Waals surface area (Å²) in [5, 5.41) is 10.9. The standard InChI is InChI=1S/C12H16O2S/c1-9-12(13,7-8-15-9)10-5-3-4-6-11(10)14-2/h3-6,9,13H,7-8H2,1-2H3/t9-,12-/m1/s1. The Kier molecular flexibility index (Phi) is 2.94. The number of para-hydroxylation sites is 1. The maximum Gasteiger partial charge on any atom is 0.124 e. The summed E-state index contributed by atoms with van der Waals surface area (Å²) in [7, 11) is 1.65. The van der Waals surface area contributed by atoms with E-state index < -0.39 is 5.60 Å². The predicted octanol–water partition coefficient (Wildman–Crippen LogP) is 2.41. The van der Waals surface area contributed by atoms with Crippen molar-refractivity contribution in [1.82, 2.24) is 0 Å². The molecule has 1 N–H and O–H groups in total. The fraction of sp³-hybridized carbons (Fsp3) is 0.500. The van der Waals surface area contributed by atoms with E-state index in [0.29, 0.717) is 0 Å². The van der Waals surface area contributed by atoms with Crippen LogP contribution in [0.4, 0.5) is 0 Å². The Bertz CT molecular complexity index is 353. The van der Waals surface area contributed by atoms with Crippen LogP contribution >= 0.6 is 11.8 Å². The maximum absolute atomic E-state index is 10.6. The molecule has 0 radical (unpaired) electrons. The lowest BCUT2D eigenvalue weighted by Gasteiger charge is -2.28. The molecule has 0 saturated carbocycles. The van der Waals surface area contributed by atoms with Gasteiger partial charge in [0.25, 0.3) is 0 Å². The van der Waals surface area contributed by atoms with Gasteiger partial charge in [0, 0.05) is 10.8 Å². The van der Waals surface area contributed by atoms with E-state index in [-0.39, 0.29) is 5.25 Å². The molecule has 82 valence electrons. The number of methoxy groups -OCH3 is 1. The first-order valence-corrected chi connectivity index (χ1v) is 6.21. The SMILES string of the molecule is COc1ccccc1[C@@]1(O)CCS[C@@H]1C. The molecule has 1 aliphatic heterocycles. The van der Waals surface area contributed by atoms with Crippen molar-refractivity contribution in [1.29, 1.82) is 0 Å². The van der Waals surface area contributed by atoms with Gasteiger partial charge in [-0.1, -0.05) is 25.1 Å². The summed E-state index contributed by atoms with van der Waals surface area (Å²) in [5.41, 5.74) is 0.196. The molecule has 2 nitrogen and oxygen atoms in total. The monoisotopic (exact) mass is 224 g/mol. The number of benzene rings is 1. The van der Waals surface area contributed by atoms with Crippen LogP contribution in [0.15, 0.2) is 24.3 Å². The molecular formula is C12H16O2S. The van der Waals surface area contributed by atoms with Crippen LogP contribution in [0, 0.1) is 0 Å². The zero-order chi connectivity index (χ0) is 10.9. The predicted molar refractivity (Wildman–Crippen MR) is 63.4 cm³/mol. The van der Waals surface area contributed by atoms with E-state index in [9.17, 15) is 5.11 Å². The molecule has 1 aliphatic rings. The lowest BCUT2D eigenvalue weighted by molar-refractivity contribution is 0.0402. The fourth-order valence-corrected chi connectivity index (χ4v) is 3.39. The summed E-state index contributed by atoms with van der Waals surface area (Å²) in [6, 6.07) is 7.74. The van der Waals surface area contributed by atoms with Crippen molar-refractivity contribution in [3.63, 3.8) is 0 Å². The smallest absolute Gasteiger partial charge is 0.124 e. The second kappa shape index (κ2) is 4.06. The number of ether oxygens (including phenoxy) is 1. The Morgan fingerprint density at radius 2 is 2.20 bits per heavy atom. The van der Waals surface area contributed by atoms with Crippen LogP contribution in [0.1, 0.15) is 18.9 Å². The van der Waals surface area contributed by atoms with Gasteiger partial charge in [-0.25, -0.2) is 0 Å². The molecule has 15 heavy (non-hydrogen) atoms. The molecule has 1 saturated heterocycles. The molecule has 2 rings (SSSR count). The zero-order valence-electron chi connectivity index (χ0n) is 9.06. The van der Waals surface area contributed by atoms with Gasteiger partial charge in [0.1, 0.15) is 11.4 Å². The van der Waals surface area contributed by atoms with E-state index >= 15 is 0 Å². The van der Waals surface area contributed by atoms with Crippen LogP contribution < -0.4 is 4.74 Å². The zero-order valence-corrected chi connectivity index (χ0v) is 9.88. The normalized spacial score (nSPS) is 30.5. The van der Waals surface area contributed by atoms with Gasteiger partial charge in [0.2, 0.25) is 0 Å². The molecule has 2 atom stereocenters. The minimum atomic E-state index is -0.725. The van der Waals surface area contributed by atoms with Crippen LogP contribution in [0.25, 0.3) is 0 Å². The lowest BCUT2D eigenvalue weighted by Crippen LogP contribution is -2.31. The summed E-state index contributed by atoms with van der Waals surface area (Å²) < 4.78 is 5.30. The van der Waals surface area contributed by atoms with Gasteiger partial charge in [-0.05, 0) is 18.2 Å². The highest BCUT2D eigenvalue weighted by atomic mass is 32.2. The second-order valence-electron chi connectivity index (χ2n) is 3.89. The summed E-state index contributed by atoms with van der Waals surface area (Å²) in [5.74, 6) is 1.80. The van der Waals surface area contributed by atoms with Gasteiger partial charge >= 0.3 is 0 Å². The number of aliphatic hydroxyl groups is 1. The van der Waals surface area contributed by atoms with Crippen molar-refractivity contribution in [2.24, 2.45) is 0 Å². The maximum atomic E-state index is 10.6. The number of hydrogen-bond donors (Lipinski definition) is 1. The molecule has 0 amide bonds. The number of rotatable bonds is 2. The van der Waals surface area contributed by atoms with Gasteiger partial charge < -0.3 is 9.84 Å². The molecule has 1 aromatic rings. The molecule has 0 unspecified atom stereocenters. The van der Waals surface area contributed by atoms with E-state index in [1.165, 1.54) is 0 Å². The largest absolute Gasteiger partial charge is 0.496 e. The average molecular weight is 224 g/mol. The fourth-order valence-electron chi connectivity index (χ4n) is 2.09. The third-order valence-electron chi connectivity index (χ3n) is 3.10. The van der Waals surface area contributed by atoms with Gasteiger partial charge in [-0.3, -0.25) is 0 Å². The Balaban J connectivity index is 2.43. The van der Waals surface area contributed by atoms with E-state index in [1.807, 2.05) is 36.0 Å². The molecule has 0 bridgehead atoms. The molecular weight excluding hydrogens is 208 g/mol. The highest BCUT2D eigenvalue weighted by molar-refractivity contribution is 8.00. The van der Waals surface area contributed by atoms with Gasteiger partial charge in [-0.15, -0.1) is 0 Å². The Morgan fingerprint density at radius 3 is 2.80 bits per heavy atom. The second-order valence-corrected chi connectivity index (χ2v) is 5.34.